The van der Waals surface area contributed by atoms with Crippen molar-refractivity contribution in [3.8, 4) is 0 Å². The summed E-state index contributed by atoms with van der Waals surface area (Å²) in [5, 5.41) is 23.5. The third-order valence-corrected chi connectivity index (χ3v) is 5.21. The average molecular weight is 349 g/mol. The molecule has 0 saturated carbocycles. The van der Waals surface area contributed by atoms with Gasteiger partial charge in [-0.2, -0.15) is 11.8 Å². The van der Waals surface area contributed by atoms with Gasteiger partial charge in [0.1, 0.15) is 5.54 Å². The summed E-state index contributed by atoms with van der Waals surface area (Å²) >= 11 is 1.65. The van der Waals surface area contributed by atoms with E-state index in [1.54, 1.807) is 11.8 Å². The van der Waals surface area contributed by atoms with Crippen molar-refractivity contribution in [2.45, 2.75) is 18.4 Å². The molecule has 1 fully saturated rings. The first-order valence-electron chi connectivity index (χ1n) is 7.32. The van der Waals surface area contributed by atoms with E-state index in [1.807, 2.05) is 0 Å². The van der Waals surface area contributed by atoms with Gasteiger partial charge >= 0.3 is 5.97 Å². The van der Waals surface area contributed by atoms with Gasteiger partial charge in [-0.05, 0) is 30.4 Å². The van der Waals surface area contributed by atoms with Crippen LogP contribution in [0.25, 0.3) is 10.9 Å². The molecule has 1 aromatic carbocycles. The van der Waals surface area contributed by atoms with Crippen LogP contribution in [0.2, 0.25) is 0 Å². The van der Waals surface area contributed by atoms with Gasteiger partial charge < -0.3 is 15.4 Å². The van der Waals surface area contributed by atoms with E-state index >= 15 is 0 Å². The topological polar surface area (TPSA) is 125 Å². The molecule has 1 aromatic heterocycles. The molecule has 0 bridgehead atoms. The second-order valence-corrected chi connectivity index (χ2v) is 6.87. The zero-order valence-corrected chi connectivity index (χ0v) is 13.4. The van der Waals surface area contributed by atoms with Crippen LogP contribution in [-0.2, 0) is 4.79 Å². The third kappa shape index (κ3) is 2.82. The van der Waals surface area contributed by atoms with Gasteiger partial charge in [-0.1, -0.05) is 0 Å². The van der Waals surface area contributed by atoms with Crippen LogP contribution in [0, 0.1) is 10.1 Å². The SMILES string of the molecule is O=C(NC1(C(=O)O)CCSCC1)c1c[nH]c2ccc([N+](=O)[O-])cc12. The Hall–Kier alpha value is -2.55. The molecule has 0 spiro atoms. The van der Waals surface area contributed by atoms with Crippen LogP contribution in [-0.4, -0.2) is 43.9 Å². The molecule has 1 saturated heterocycles. The highest BCUT2D eigenvalue weighted by Gasteiger charge is 2.41. The summed E-state index contributed by atoms with van der Waals surface area (Å²) in [6.07, 6.45) is 2.14. The normalized spacial score (nSPS) is 16.7. The van der Waals surface area contributed by atoms with Crippen molar-refractivity contribution in [3.05, 3.63) is 40.1 Å². The van der Waals surface area contributed by atoms with Crippen LogP contribution in [0.4, 0.5) is 5.69 Å². The Balaban J connectivity index is 1.94. The average Bonchev–Trinajstić information content (AvgIpc) is 2.98. The summed E-state index contributed by atoms with van der Waals surface area (Å²) in [6, 6.07) is 4.18. The summed E-state index contributed by atoms with van der Waals surface area (Å²) in [5.74, 6) is -0.282. The number of nitro groups is 1. The van der Waals surface area contributed by atoms with E-state index in [0.29, 0.717) is 35.3 Å². The molecule has 0 aliphatic carbocycles. The summed E-state index contributed by atoms with van der Waals surface area (Å²) in [6.45, 7) is 0. The molecule has 126 valence electrons. The van der Waals surface area contributed by atoms with Gasteiger partial charge in [0.2, 0.25) is 0 Å². The van der Waals surface area contributed by atoms with E-state index in [1.165, 1.54) is 24.4 Å². The number of carbonyl (C=O) groups is 2. The Kier molecular flexibility index (Phi) is 4.18. The summed E-state index contributed by atoms with van der Waals surface area (Å²) < 4.78 is 0. The third-order valence-electron chi connectivity index (χ3n) is 4.23. The minimum atomic E-state index is -1.29. The molecule has 0 unspecified atom stereocenters. The Labute approximate surface area is 140 Å². The van der Waals surface area contributed by atoms with Gasteiger partial charge in [-0.3, -0.25) is 14.9 Å². The number of nitro benzene ring substituents is 1. The maximum absolute atomic E-state index is 12.6. The van der Waals surface area contributed by atoms with Gasteiger partial charge in [-0.25, -0.2) is 4.79 Å². The van der Waals surface area contributed by atoms with Crippen LogP contribution in [0.3, 0.4) is 0 Å². The minimum Gasteiger partial charge on any atom is -0.480 e. The fourth-order valence-electron chi connectivity index (χ4n) is 2.81. The number of hydrogen-bond donors (Lipinski definition) is 3. The first-order chi connectivity index (χ1) is 11.4. The Morgan fingerprint density at radius 3 is 2.67 bits per heavy atom. The molecule has 8 nitrogen and oxygen atoms in total. The van der Waals surface area contributed by atoms with Gasteiger partial charge in [0, 0.05) is 29.2 Å². The Morgan fingerprint density at radius 1 is 1.33 bits per heavy atom. The van der Waals surface area contributed by atoms with Crippen LogP contribution in [0.1, 0.15) is 23.2 Å². The highest BCUT2D eigenvalue weighted by molar-refractivity contribution is 7.99. The smallest absolute Gasteiger partial charge is 0.329 e. The monoisotopic (exact) mass is 349 g/mol. The van der Waals surface area contributed by atoms with E-state index in [-0.39, 0.29) is 11.3 Å². The summed E-state index contributed by atoms with van der Waals surface area (Å²) in [7, 11) is 0. The quantitative estimate of drug-likeness (QED) is 0.574. The van der Waals surface area contributed by atoms with Crippen LogP contribution < -0.4 is 5.32 Å². The molecule has 0 radical (unpaired) electrons. The molecule has 24 heavy (non-hydrogen) atoms. The number of nitrogens with zero attached hydrogens (tertiary/aromatic N) is 1. The highest BCUT2D eigenvalue weighted by atomic mass is 32.2. The molecule has 1 aliphatic rings. The second kappa shape index (κ2) is 6.16. The molecule has 2 aromatic rings. The predicted octanol–water partition coefficient (Wildman–Crippen LogP) is 2.16. The van der Waals surface area contributed by atoms with Gasteiger partial charge in [0.25, 0.3) is 11.6 Å². The van der Waals surface area contributed by atoms with E-state index in [0.717, 1.165) is 0 Å². The molecule has 9 heteroatoms. The van der Waals surface area contributed by atoms with Gasteiger partial charge in [-0.15, -0.1) is 0 Å². The van der Waals surface area contributed by atoms with Crippen LogP contribution >= 0.6 is 11.8 Å². The lowest BCUT2D eigenvalue weighted by Crippen LogP contribution is -2.56. The second-order valence-electron chi connectivity index (χ2n) is 5.64. The molecule has 2 heterocycles. The van der Waals surface area contributed by atoms with Crippen LogP contribution in [0.15, 0.2) is 24.4 Å². The first kappa shape index (κ1) is 16.3. The maximum atomic E-state index is 12.6. The lowest BCUT2D eigenvalue weighted by Gasteiger charge is -2.33. The number of aliphatic carboxylic acids is 1. The number of aromatic amines is 1. The molecule has 1 amide bonds. The number of carbonyl (C=O) groups excluding carboxylic acids is 1. The van der Waals surface area contributed by atoms with Gasteiger partial charge in [0.15, 0.2) is 0 Å². The first-order valence-corrected chi connectivity index (χ1v) is 8.48. The number of hydrogen-bond acceptors (Lipinski definition) is 5. The highest BCUT2D eigenvalue weighted by Crippen LogP contribution is 2.29. The van der Waals surface area contributed by atoms with E-state index in [2.05, 4.69) is 10.3 Å². The predicted molar refractivity (Wildman–Crippen MR) is 89.3 cm³/mol. The Morgan fingerprint density at radius 2 is 2.04 bits per heavy atom. The van der Waals surface area contributed by atoms with E-state index in [9.17, 15) is 24.8 Å². The number of carboxylic acid groups (broad SMARTS) is 1. The summed E-state index contributed by atoms with van der Waals surface area (Å²) in [5.41, 5.74) is -0.632. The number of aromatic nitrogens is 1. The van der Waals surface area contributed by atoms with Crippen molar-refractivity contribution in [3.63, 3.8) is 0 Å². The van der Waals surface area contributed by atoms with Crippen molar-refractivity contribution in [2.75, 3.05) is 11.5 Å². The Bertz CT molecular complexity index is 826. The largest absolute Gasteiger partial charge is 0.480 e. The zero-order chi connectivity index (χ0) is 17.3. The lowest BCUT2D eigenvalue weighted by molar-refractivity contribution is -0.384. The molecule has 3 N–H and O–H groups in total. The van der Waals surface area contributed by atoms with Crippen molar-refractivity contribution in [1.82, 2.24) is 10.3 Å². The fraction of sp³-hybridized carbons (Fsp3) is 0.333. The van der Waals surface area contributed by atoms with Crippen molar-refractivity contribution in [1.29, 1.82) is 0 Å². The number of benzene rings is 1. The van der Waals surface area contributed by atoms with E-state index in [4.69, 9.17) is 0 Å². The number of thioether (sulfide) groups is 1. The number of nitrogens with one attached hydrogen (secondary N) is 2. The van der Waals surface area contributed by atoms with Gasteiger partial charge in [0.05, 0.1) is 10.5 Å². The number of rotatable bonds is 4. The van der Waals surface area contributed by atoms with Crippen molar-refractivity contribution in [2.24, 2.45) is 0 Å². The fourth-order valence-corrected chi connectivity index (χ4v) is 4.00. The lowest BCUT2D eigenvalue weighted by atomic mass is 9.92. The maximum Gasteiger partial charge on any atom is 0.329 e. The molecule has 0 atom stereocenters. The molecular formula is C15H15N3O5S. The number of fused-ring (bicyclic) bond motifs is 1. The van der Waals surface area contributed by atoms with Crippen LogP contribution in [0.5, 0.6) is 0 Å². The molecule has 3 rings (SSSR count). The van der Waals surface area contributed by atoms with Crippen molar-refractivity contribution < 1.29 is 19.6 Å². The zero-order valence-electron chi connectivity index (χ0n) is 12.6. The van der Waals surface area contributed by atoms with Crippen molar-refractivity contribution >= 4 is 40.2 Å². The van der Waals surface area contributed by atoms with E-state index < -0.39 is 22.3 Å². The summed E-state index contributed by atoms with van der Waals surface area (Å²) in [4.78, 5) is 37.5. The molecule has 1 aliphatic heterocycles. The number of amides is 1. The standard InChI is InChI=1S/C15H15N3O5S/c19-13(17-15(14(20)21)3-5-24-6-4-15)11-8-16-12-2-1-9(18(22)23)7-10(11)12/h1-2,7-8,16H,3-6H2,(H,17,19)(H,20,21). The minimum absolute atomic E-state index is 0.127. The molecular weight excluding hydrogens is 334 g/mol. The number of carboxylic acids is 1. The number of H-pyrrole nitrogens is 1. The number of non-ortho nitro benzene ring substituents is 1.